The number of para-hydroxylation sites is 1. The molecule has 9 nitrogen and oxygen atoms in total. The zero-order valence-corrected chi connectivity index (χ0v) is 21.3. The molecule has 1 fully saturated rings. The van der Waals surface area contributed by atoms with Crippen molar-refractivity contribution < 1.29 is 14.3 Å². The lowest BCUT2D eigenvalue weighted by Crippen LogP contribution is -2.43. The number of hydrogen-bond acceptors (Lipinski definition) is 5. The summed E-state index contributed by atoms with van der Waals surface area (Å²) in [6.45, 7) is 1.42. The van der Waals surface area contributed by atoms with Crippen LogP contribution in [0.1, 0.15) is 31.2 Å². The summed E-state index contributed by atoms with van der Waals surface area (Å²) in [5.74, 6) is -0.482. The van der Waals surface area contributed by atoms with Crippen molar-refractivity contribution in [2.45, 2.75) is 51.3 Å². The first-order valence-electron chi connectivity index (χ1n) is 12.5. The van der Waals surface area contributed by atoms with Gasteiger partial charge in [0, 0.05) is 37.7 Å². The Labute approximate surface area is 219 Å². The monoisotopic (exact) mass is 526 g/mol. The molecule has 10 heteroatoms. The number of benzene rings is 2. The lowest BCUT2D eigenvalue weighted by molar-refractivity contribution is -0.122. The van der Waals surface area contributed by atoms with E-state index in [1.165, 1.54) is 4.57 Å². The lowest BCUT2D eigenvalue weighted by atomic mass is 10.1. The van der Waals surface area contributed by atoms with Gasteiger partial charge in [-0.3, -0.25) is 23.5 Å². The van der Waals surface area contributed by atoms with Crippen LogP contribution in [0.2, 0.25) is 5.02 Å². The van der Waals surface area contributed by atoms with Crippen molar-refractivity contribution in [3.63, 3.8) is 0 Å². The van der Waals surface area contributed by atoms with Gasteiger partial charge in [0.2, 0.25) is 11.8 Å². The second-order valence-corrected chi connectivity index (χ2v) is 9.55. The molecule has 37 heavy (non-hydrogen) atoms. The summed E-state index contributed by atoms with van der Waals surface area (Å²) < 4.78 is 7.95. The molecule has 0 radical (unpaired) electrons. The van der Waals surface area contributed by atoms with Crippen molar-refractivity contribution in [1.82, 2.24) is 19.8 Å². The van der Waals surface area contributed by atoms with E-state index in [9.17, 15) is 19.2 Å². The largest absolute Gasteiger partial charge is 0.376 e. The van der Waals surface area contributed by atoms with Crippen molar-refractivity contribution >= 4 is 34.3 Å². The summed E-state index contributed by atoms with van der Waals surface area (Å²) >= 11 is 5.89. The van der Waals surface area contributed by atoms with E-state index < -0.39 is 11.2 Å². The zero-order valence-electron chi connectivity index (χ0n) is 20.6. The van der Waals surface area contributed by atoms with Gasteiger partial charge in [0.15, 0.2) is 0 Å². The molecule has 2 N–H and O–H groups in total. The highest BCUT2D eigenvalue weighted by molar-refractivity contribution is 6.30. The average Bonchev–Trinajstić information content (AvgIpc) is 3.42. The quantitative estimate of drug-likeness (QED) is 0.398. The highest BCUT2D eigenvalue weighted by atomic mass is 35.5. The smallest absolute Gasteiger partial charge is 0.331 e. The standard InChI is InChI=1S/C27H31ClN4O5/c28-20-11-9-19(10-12-20)13-14-29-24(33)8-3-15-31-26(35)22-6-1-2-7-23(22)32(27(31)36)18-25(34)30-17-21-5-4-16-37-21/h1-2,6-7,9-12,21H,3-5,8,13-18H2,(H,29,33)(H,30,34)/t21-/m0/s1. The molecule has 0 spiro atoms. The van der Waals surface area contributed by atoms with E-state index in [2.05, 4.69) is 10.6 Å². The molecule has 2 heterocycles. The predicted octanol–water partition coefficient (Wildman–Crippen LogP) is 2.25. The van der Waals surface area contributed by atoms with Crippen molar-refractivity contribution in [1.29, 1.82) is 0 Å². The molecule has 0 saturated carbocycles. The summed E-state index contributed by atoms with van der Waals surface area (Å²) in [6, 6.07) is 14.2. The number of rotatable bonds is 11. The number of carbonyl (C=O) groups excluding carboxylic acids is 2. The molecule has 1 aromatic heterocycles. The number of aromatic nitrogens is 2. The first-order valence-corrected chi connectivity index (χ1v) is 12.9. The Balaban J connectivity index is 1.37. The minimum Gasteiger partial charge on any atom is -0.376 e. The van der Waals surface area contributed by atoms with E-state index >= 15 is 0 Å². The molecular weight excluding hydrogens is 496 g/mol. The Morgan fingerprint density at radius 2 is 1.78 bits per heavy atom. The third kappa shape index (κ3) is 7.08. The third-order valence-corrected chi connectivity index (χ3v) is 6.67. The van der Waals surface area contributed by atoms with E-state index in [4.69, 9.17) is 16.3 Å². The second-order valence-electron chi connectivity index (χ2n) is 9.11. The van der Waals surface area contributed by atoms with Gasteiger partial charge in [-0.15, -0.1) is 0 Å². The third-order valence-electron chi connectivity index (χ3n) is 6.42. The van der Waals surface area contributed by atoms with Gasteiger partial charge >= 0.3 is 5.69 Å². The highest BCUT2D eigenvalue weighted by Gasteiger charge is 2.18. The van der Waals surface area contributed by atoms with Crippen molar-refractivity contribution in [2.75, 3.05) is 19.7 Å². The number of halogens is 1. The minimum atomic E-state index is -0.570. The zero-order chi connectivity index (χ0) is 26.2. The first-order chi connectivity index (χ1) is 17.9. The molecule has 1 atom stereocenters. The van der Waals surface area contributed by atoms with Crippen LogP contribution in [0.25, 0.3) is 10.9 Å². The maximum atomic E-state index is 13.2. The Morgan fingerprint density at radius 3 is 2.54 bits per heavy atom. The van der Waals surface area contributed by atoms with E-state index in [-0.39, 0.29) is 37.4 Å². The molecule has 2 amide bonds. The molecule has 4 rings (SSSR count). The topological polar surface area (TPSA) is 111 Å². The van der Waals surface area contributed by atoms with Gasteiger partial charge in [0.25, 0.3) is 5.56 Å². The molecule has 1 aliphatic rings. The van der Waals surface area contributed by atoms with Gasteiger partial charge in [-0.25, -0.2) is 4.79 Å². The van der Waals surface area contributed by atoms with Gasteiger partial charge in [0.1, 0.15) is 6.54 Å². The van der Waals surface area contributed by atoms with Gasteiger partial charge in [-0.05, 0) is 55.5 Å². The van der Waals surface area contributed by atoms with Gasteiger partial charge in [-0.1, -0.05) is 35.9 Å². The Morgan fingerprint density at radius 1 is 1.00 bits per heavy atom. The maximum Gasteiger partial charge on any atom is 0.331 e. The van der Waals surface area contributed by atoms with Crippen LogP contribution in [-0.4, -0.2) is 46.7 Å². The van der Waals surface area contributed by atoms with Crippen molar-refractivity contribution in [2.24, 2.45) is 0 Å². The van der Waals surface area contributed by atoms with E-state index in [1.54, 1.807) is 36.4 Å². The Bertz CT molecular complexity index is 1360. The average molecular weight is 527 g/mol. The number of nitrogens with zero attached hydrogens (tertiary/aromatic N) is 2. The first kappa shape index (κ1) is 26.6. The summed E-state index contributed by atoms with van der Waals surface area (Å²) in [4.78, 5) is 51.2. The summed E-state index contributed by atoms with van der Waals surface area (Å²) in [5.41, 5.74) is 0.465. The van der Waals surface area contributed by atoms with Crippen molar-refractivity contribution in [3.8, 4) is 0 Å². The van der Waals surface area contributed by atoms with Crippen LogP contribution in [0.5, 0.6) is 0 Å². The fraction of sp³-hybridized carbons (Fsp3) is 0.407. The summed E-state index contributed by atoms with van der Waals surface area (Å²) in [7, 11) is 0. The second kappa shape index (κ2) is 12.7. The van der Waals surface area contributed by atoms with Crippen LogP contribution in [0.15, 0.2) is 58.1 Å². The number of fused-ring (bicyclic) bond motifs is 1. The molecule has 1 saturated heterocycles. The van der Waals surface area contributed by atoms with Gasteiger partial charge in [-0.2, -0.15) is 0 Å². The van der Waals surface area contributed by atoms with Crippen LogP contribution < -0.4 is 21.9 Å². The lowest BCUT2D eigenvalue weighted by Gasteiger charge is -2.15. The van der Waals surface area contributed by atoms with Crippen LogP contribution in [-0.2, 0) is 33.8 Å². The van der Waals surface area contributed by atoms with Gasteiger partial charge < -0.3 is 15.4 Å². The van der Waals surface area contributed by atoms with Crippen LogP contribution in [0.3, 0.4) is 0 Å². The Kier molecular flexibility index (Phi) is 9.14. The molecule has 196 valence electrons. The summed E-state index contributed by atoms with van der Waals surface area (Å²) in [6.07, 6.45) is 3.00. The number of carbonyl (C=O) groups is 2. The number of ether oxygens (including phenoxy) is 1. The molecule has 2 aromatic carbocycles. The van der Waals surface area contributed by atoms with E-state index in [0.29, 0.717) is 48.5 Å². The number of nitrogens with one attached hydrogen (secondary N) is 2. The predicted molar refractivity (Wildman–Crippen MR) is 142 cm³/mol. The van der Waals surface area contributed by atoms with E-state index in [1.807, 2.05) is 12.1 Å². The number of amides is 2. The highest BCUT2D eigenvalue weighted by Crippen LogP contribution is 2.11. The molecule has 0 unspecified atom stereocenters. The SMILES string of the molecule is O=C(CCCn1c(=O)c2ccccc2n(CC(=O)NC[C@@H]2CCCO2)c1=O)NCCc1ccc(Cl)cc1. The molecule has 1 aliphatic heterocycles. The van der Waals surface area contributed by atoms with E-state index in [0.717, 1.165) is 23.0 Å². The molecule has 0 bridgehead atoms. The normalized spacial score (nSPS) is 15.1. The summed E-state index contributed by atoms with van der Waals surface area (Å²) in [5, 5.41) is 6.69. The molecular formula is C27H31ClN4O5. The molecule has 3 aromatic rings. The fourth-order valence-electron chi connectivity index (χ4n) is 4.44. The van der Waals surface area contributed by atoms with Crippen LogP contribution >= 0.6 is 11.6 Å². The number of hydrogen-bond donors (Lipinski definition) is 2. The maximum absolute atomic E-state index is 13.2. The van der Waals surface area contributed by atoms with Gasteiger partial charge in [0.05, 0.1) is 17.0 Å². The molecule has 0 aliphatic carbocycles. The minimum absolute atomic E-state index is 0.0105. The Hall–Kier alpha value is -3.43. The van der Waals surface area contributed by atoms with Crippen LogP contribution in [0.4, 0.5) is 0 Å². The fourth-order valence-corrected chi connectivity index (χ4v) is 4.56. The van der Waals surface area contributed by atoms with Crippen LogP contribution in [0, 0.1) is 0 Å². The van der Waals surface area contributed by atoms with Crippen molar-refractivity contribution in [3.05, 3.63) is 80.0 Å².